The van der Waals surface area contributed by atoms with Crippen LogP contribution in [0.5, 0.6) is 0 Å². The van der Waals surface area contributed by atoms with E-state index in [1.165, 1.54) is 22.9 Å². The molecular weight excluding hydrogens is 161 g/mol. The van der Waals surface area contributed by atoms with E-state index >= 15 is 0 Å². The Morgan fingerprint density at radius 2 is 1.44 bits per heavy atom. The monoisotopic (exact) mass is 174 g/mol. The number of hydrogen-bond donors (Lipinski definition) is 0. The zero-order valence-corrected chi connectivity index (χ0v) is 9.07. The van der Waals surface area contributed by atoms with E-state index in [0.29, 0.717) is 0 Å². The molecule has 0 N–H and O–H groups in total. The molecule has 0 saturated carbocycles. The van der Waals surface area contributed by atoms with Crippen LogP contribution in [-0.4, -0.2) is 0 Å². The molecular formula is C8H14Zn. The van der Waals surface area contributed by atoms with Gasteiger partial charge in [0.15, 0.2) is 0 Å². The van der Waals surface area contributed by atoms with Gasteiger partial charge in [0.25, 0.3) is 0 Å². The zero-order valence-electron chi connectivity index (χ0n) is 6.10. The second-order valence-electron chi connectivity index (χ2n) is 2.22. The topological polar surface area (TPSA) is 0 Å². The van der Waals surface area contributed by atoms with Gasteiger partial charge < -0.3 is 0 Å². The zero-order chi connectivity index (χ0) is 6.95. The van der Waals surface area contributed by atoms with Crippen LogP contribution in [0.3, 0.4) is 0 Å². The first kappa shape index (κ1) is 9.10. The molecule has 0 rings (SSSR count). The fourth-order valence-corrected chi connectivity index (χ4v) is 3.92. The van der Waals surface area contributed by atoms with Crippen LogP contribution in [-0.2, 0) is 17.1 Å². The number of allylic oxidation sites excluding steroid dienone is 2. The van der Waals surface area contributed by atoms with E-state index < -0.39 is 0 Å². The van der Waals surface area contributed by atoms with Crippen molar-refractivity contribution in [3.8, 4) is 0 Å². The van der Waals surface area contributed by atoms with Crippen molar-refractivity contribution in [2.75, 3.05) is 0 Å². The molecule has 0 aliphatic heterocycles. The minimum atomic E-state index is -0.128. The Balaban J connectivity index is 2.74. The molecule has 0 aliphatic carbocycles. The van der Waals surface area contributed by atoms with Crippen LogP contribution in [0.4, 0.5) is 0 Å². The summed E-state index contributed by atoms with van der Waals surface area (Å²) in [5.74, 6) is 0. The molecule has 0 spiro atoms. The standard InChI is InChI=1S/2C4H7.Zn/c2*1-3-4-2;/h2*3H,1-2,4H2;. The third-order valence-corrected chi connectivity index (χ3v) is 5.13. The molecule has 0 unspecified atom stereocenters. The van der Waals surface area contributed by atoms with Gasteiger partial charge in [-0.3, -0.25) is 0 Å². The van der Waals surface area contributed by atoms with Crippen molar-refractivity contribution in [1.82, 2.24) is 0 Å². The molecule has 0 saturated heterocycles. The predicted octanol–water partition coefficient (Wildman–Crippen LogP) is 3.06. The van der Waals surface area contributed by atoms with Crippen molar-refractivity contribution < 1.29 is 17.1 Å². The third-order valence-electron chi connectivity index (χ3n) is 1.32. The van der Waals surface area contributed by atoms with Crippen molar-refractivity contribution in [3.05, 3.63) is 25.3 Å². The van der Waals surface area contributed by atoms with Crippen LogP contribution >= 0.6 is 0 Å². The average Bonchev–Trinajstić information content (AvgIpc) is 1.89. The van der Waals surface area contributed by atoms with Gasteiger partial charge in [-0.15, -0.1) is 0 Å². The molecule has 0 aromatic heterocycles. The third kappa shape index (κ3) is 8.10. The first-order valence-corrected chi connectivity index (χ1v) is 7.83. The van der Waals surface area contributed by atoms with Gasteiger partial charge in [-0.05, 0) is 0 Å². The Hall–Kier alpha value is 0.103. The van der Waals surface area contributed by atoms with Crippen molar-refractivity contribution in [2.45, 2.75) is 22.9 Å². The fourth-order valence-electron chi connectivity index (χ4n) is 0.754. The summed E-state index contributed by atoms with van der Waals surface area (Å²) < 4.78 is 0. The minimum absolute atomic E-state index is 0.128. The van der Waals surface area contributed by atoms with Gasteiger partial charge in [-0.25, -0.2) is 0 Å². The Morgan fingerprint density at radius 3 is 1.78 bits per heavy atom. The van der Waals surface area contributed by atoms with E-state index in [9.17, 15) is 0 Å². The van der Waals surface area contributed by atoms with E-state index in [1.807, 2.05) is 12.2 Å². The van der Waals surface area contributed by atoms with Crippen LogP contribution in [0, 0.1) is 0 Å². The van der Waals surface area contributed by atoms with E-state index in [4.69, 9.17) is 0 Å². The second kappa shape index (κ2) is 8.10. The maximum absolute atomic E-state index is 3.69. The van der Waals surface area contributed by atoms with Gasteiger partial charge in [0, 0.05) is 0 Å². The van der Waals surface area contributed by atoms with Crippen molar-refractivity contribution in [2.24, 2.45) is 0 Å². The molecule has 0 amide bonds. The average molecular weight is 176 g/mol. The van der Waals surface area contributed by atoms with Crippen molar-refractivity contribution in [3.63, 3.8) is 0 Å². The van der Waals surface area contributed by atoms with Crippen LogP contribution in [0.1, 0.15) is 12.8 Å². The van der Waals surface area contributed by atoms with Crippen LogP contribution in [0.15, 0.2) is 25.3 Å². The fraction of sp³-hybridized carbons (Fsp3) is 0.500. The molecule has 0 atom stereocenters. The van der Waals surface area contributed by atoms with Gasteiger partial charge in [0.1, 0.15) is 0 Å². The van der Waals surface area contributed by atoms with Crippen molar-refractivity contribution in [1.29, 1.82) is 0 Å². The van der Waals surface area contributed by atoms with Gasteiger partial charge >= 0.3 is 65.3 Å². The van der Waals surface area contributed by atoms with Crippen LogP contribution in [0.25, 0.3) is 0 Å². The summed E-state index contributed by atoms with van der Waals surface area (Å²) >= 11 is -0.128. The molecule has 0 aromatic rings. The molecule has 0 aliphatic rings. The maximum atomic E-state index is 3.69. The molecule has 1 heteroatoms. The molecule has 48 valence electrons. The van der Waals surface area contributed by atoms with Crippen LogP contribution in [0.2, 0.25) is 10.0 Å². The molecule has 0 heterocycles. The molecule has 0 fully saturated rings. The van der Waals surface area contributed by atoms with Gasteiger partial charge in [0.2, 0.25) is 0 Å². The summed E-state index contributed by atoms with van der Waals surface area (Å²) in [6, 6.07) is 0. The molecule has 0 radical (unpaired) electrons. The van der Waals surface area contributed by atoms with Gasteiger partial charge in [-0.1, -0.05) is 0 Å². The summed E-state index contributed by atoms with van der Waals surface area (Å²) in [6.45, 7) is 7.38. The molecule has 0 nitrogen and oxygen atoms in total. The Morgan fingerprint density at radius 1 is 1.00 bits per heavy atom. The first-order valence-electron chi connectivity index (χ1n) is 3.63. The van der Waals surface area contributed by atoms with E-state index in [0.717, 1.165) is 0 Å². The van der Waals surface area contributed by atoms with E-state index in [1.54, 1.807) is 0 Å². The van der Waals surface area contributed by atoms with E-state index in [-0.39, 0.29) is 17.1 Å². The first-order chi connectivity index (χ1) is 4.41. The molecule has 0 bridgehead atoms. The number of hydrogen-bond acceptors (Lipinski definition) is 0. The van der Waals surface area contributed by atoms with E-state index in [2.05, 4.69) is 13.2 Å². The normalized spacial score (nSPS) is 8.00. The Labute approximate surface area is 65.6 Å². The number of rotatable bonds is 6. The predicted molar refractivity (Wildman–Crippen MR) is 39.2 cm³/mol. The SMILES string of the molecule is C=CC[CH2][Zn][CH2]CC=C. The molecule has 0 aromatic carbocycles. The second-order valence-corrected chi connectivity index (χ2v) is 6.67. The summed E-state index contributed by atoms with van der Waals surface area (Å²) in [5, 5.41) is 2.95. The summed E-state index contributed by atoms with van der Waals surface area (Å²) in [6.07, 6.45) is 6.55. The van der Waals surface area contributed by atoms with Crippen LogP contribution < -0.4 is 0 Å². The Bertz CT molecular complexity index is 66.6. The quantitative estimate of drug-likeness (QED) is 0.331. The van der Waals surface area contributed by atoms with Crippen molar-refractivity contribution >= 4 is 0 Å². The Kier molecular flexibility index (Phi) is 8.20. The summed E-state index contributed by atoms with van der Waals surface area (Å²) in [4.78, 5) is 0. The van der Waals surface area contributed by atoms with Gasteiger partial charge in [-0.2, -0.15) is 0 Å². The van der Waals surface area contributed by atoms with Gasteiger partial charge in [0.05, 0.1) is 0 Å². The summed E-state index contributed by atoms with van der Waals surface area (Å²) in [7, 11) is 0. The molecule has 9 heavy (non-hydrogen) atoms. The summed E-state index contributed by atoms with van der Waals surface area (Å²) in [5.41, 5.74) is 0.